The number of carbonyl (C=O) groups excluding carboxylic acids is 1. The number of aryl methyl sites for hydroxylation is 1. The molecule has 2 aromatic heterocycles. The van der Waals surface area contributed by atoms with Gasteiger partial charge in [-0.25, -0.2) is 19.1 Å². The molecule has 0 saturated heterocycles. The number of ether oxygens (including phenoxy) is 2. The summed E-state index contributed by atoms with van der Waals surface area (Å²) in [6.45, 7) is 6.38. The van der Waals surface area contributed by atoms with Crippen molar-refractivity contribution in [2.45, 2.75) is 45.1 Å². The second kappa shape index (κ2) is 11.2. The first-order chi connectivity index (χ1) is 17.6. The topological polar surface area (TPSA) is 107 Å². The number of halogens is 1. The summed E-state index contributed by atoms with van der Waals surface area (Å²) in [7, 11) is -4.22. The Labute approximate surface area is 216 Å². The Bertz CT molecular complexity index is 1390. The van der Waals surface area contributed by atoms with Crippen molar-refractivity contribution in [2.24, 2.45) is 11.8 Å². The number of nitrogens with zero attached hydrogens (tertiary/aromatic N) is 2. The van der Waals surface area contributed by atoms with Gasteiger partial charge in [0.1, 0.15) is 17.1 Å². The van der Waals surface area contributed by atoms with Gasteiger partial charge in [-0.2, -0.15) is 8.42 Å². The van der Waals surface area contributed by atoms with Crippen LogP contribution in [-0.4, -0.2) is 37.5 Å². The quantitative estimate of drug-likeness (QED) is 0.377. The molecular formula is C27H30FN3O5S. The molecule has 8 nitrogen and oxygen atoms in total. The van der Waals surface area contributed by atoms with E-state index in [0.717, 1.165) is 19.3 Å². The van der Waals surface area contributed by atoms with Gasteiger partial charge in [-0.15, -0.1) is 0 Å². The second-order valence-corrected chi connectivity index (χ2v) is 11.2. The standard InChI is InChI=1S/C27H30FN3O5S/c1-17(2)16-36-22-14-20(13-21(28)15-22)24-10-9-23(27(30-24)35-12-11-19-7-8-19)26(32)31-37(33,34)25-6-4-5-18(3)29-25/h4-6,9-10,13-15,17,19H,7-8,11-12,16H2,1-3H3,(H,31,32). The normalized spacial score (nSPS) is 13.4. The largest absolute Gasteiger partial charge is 0.493 e. The van der Waals surface area contributed by atoms with Crippen LogP contribution in [0.25, 0.3) is 11.3 Å². The summed E-state index contributed by atoms with van der Waals surface area (Å²) >= 11 is 0. The molecule has 1 fully saturated rings. The molecule has 2 heterocycles. The molecule has 0 spiro atoms. The van der Waals surface area contributed by atoms with Gasteiger partial charge in [0.05, 0.1) is 18.9 Å². The summed E-state index contributed by atoms with van der Waals surface area (Å²) < 4.78 is 53.4. The van der Waals surface area contributed by atoms with E-state index in [9.17, 15) is 17.6 Å². The number of carbonyl (C=O) groups is 1. The Balaban J connectivity index is 1.63. The van der Waals surface area contributed by atoms with Gasteiger partial charge in [0.2, 0.25) is 5.88 Å². The van der Waals surface area contributed by atoms with Crippen molar-refractivity contribution in [3.63, 3.8) is 0 Å². The van der Waals surface area contributed by atoms with Crippen LogP contribution in [0, 0.1) is 24.6 Å². The molecule has 3 aromatic rings. The second-order valence-electron chi connectivity index (χ2n) is 9.56. The van der Waals surface area contributed by atoms with Crippen molar-refractivity contribution in [3.8, 4) is 22.9 Å². The lowest BCUT2D eigenvalue weighted by Crippen LogP contribution is -2.31. The number of hydrogen-bond acceptors (Lipinski definition) is 7. The van der Waals surface area contributed by atoms with Crippen LogP contribution < -0.4 is 14.2 Å². The fourth-order valence-corrected chi connectivity index (χ4v) is 4.55. The summed E-state index contributed by atoms with van der Waals surface area (Å²) in [5.74, 6) is -0.216. The molecule has 4 rings (SSSR count). The minimum atomic E-state index is -4.22. The van der Waals surface area contributed by atoms with E-state index in [1.54, 1.807) is 25.1 Å². The van der Waals surface area contributed by atoms with Crippen molar-refractivity contribution in [1.82, 2.24) is 14.7 Å². The third-order valence-corrected chi connectivity index (χ3v) is 6.91. The predicted molar refractivity (Wildman–Crippen MR) is 136 cm³/mol. The van der Waals surface area contributed by atoms with Crippen molar-refractivity contribution in [2.75, 3.05) is 13.2 Å². The number of aromatic nitrogens is 2. The van der Waals surface area contributed by atoms with Crippen molar-refractivity contribution in [1.29, 1.82) is 0 Å². The molecule has 1 aliphatic rings. The summed E-state index contributed by atoms with van der Waals surface area (Å²) in [4.78, 5) is 21.5. The lowest BCUT2D eigenvalue weighted by Gasteiger charge is -2.14. The van der Waals surface area contributed by atoms with Crippen LogP contribution in [0.5, 0.6) is 11.6 Å². The molecule has 196 valence electrons. The lowest BCUT2D eigenvalue weighted by molar-refractivity contribution is 0.0976. The van der Waals surface area contributed by atoms with E-state index in [1.807, 2.05) is 18.6 Å². The Morgan fingerprint density at radius 3 is 2.59 bits per heavy atom. The van der Waals surface area contributed by atoms with Gasteiger partial charge in [-0.3, -0.25) is 4.79 Å². The van der Waals surface area contributed by atoms with Crippen LogP contribution in [0.15, 0.2) is 53.6 Å². The first-order valence-electron chi connectivity index (χ1n) is 12.2. The highest BCUT2D eigenvalue weighted by Crippen LogP contribution is 2.33. The zero-order chi connectivity index (χ0) is 26.6. The minimum absolute atomic E-state index is 0.0306. The van der Waals surface area contributed by atoms with Crippen LogP contribution in [0.2, 0.25) is 0 Å². The van der Waals surface area contributed by atoms with E-state index in [1.165, 1.54) is 30.3 Å². The Morgan fingerprint density at radius 2 is 1.89 bits per heavy atom. The van der Waals surface area contributed by atoms with E-state index in [-0.39, 0.29) is 22.4 Å². The lowest BCUT2D eigenvalue weighted by atomic mass is 10.1. The molecular weight excluding hydrogens is 497 g/mol. The summed E-state index contributed by atoms with van der Waals surface area (Å²) in [5.41, 5.74) is 1.24. The van der Waals surface area contributed by atoms with E-state index >= 15 is 0 Å². The number of benzene rings is 1. The smallest absolute Gasteiger partial charge is 0.281 e. The van der Waals surface area contributed by atoms with E-state index in [0.29, 0.717) is 41.8 Å². The number of amides is 1. The molecule has 1 saturated carbocycles. The Kier molecular flexibility index (Phi) is 8.06. The van der Waals surface area contributed by atoms with E-state index in [4.69, 9.17) is 9.47 Å². The first kappa shape index (κ1) is 26.5. The zero-order valence-corrected chi connectivity index (χ0v) is 21.8. The molecule has 0 aliphatic heterocycles. The maximum atomic E-state index is 14.3. The van der Waals surface area contributed by atoms with Gasteiger partial charge in [-0.05, 0) is 61.6 Å². The van der Waals surface area contributed by atoms with Crippen LogP contribution >= 0.6 is 0 Å². The first-order valence-corrected chi connectivity index (χ1v) is 13.7. The number of sulfonamides is 1. The van der Waals surface area contributed by atoms with Crippen molar-refractivity contribution < 1.29 is 27.1 Å². The maximum absolute atomic E-state index is 14.3. The molecule has 0 unspecified atom stereocenters. The zero-order valence-electron chi connectivity index (χ0n) is 21.0. The highest BCUT2D eigenvalue weighted by molar-refractivity contribution is 7.90. The highest BCUT2D eigenvalue weighted by Gasteiger charge is 2.25. The minimum Gasteiger partial charge on any atom is -0.493 e. The average Bonchev–Trinajstić information content (AvgIpc) is 3.66. The fraction of sp³-hybridized carbons (Fsp3) is 0.370. The molecule has 37 heavy (non-hydrogen) atoms. The molecule has 10 heteroatoms. The predicted octanol–water partition coefficient (Wildman–Crippen LogP) is 4.92. The molecule has 0 bridgehead atoms. The van der Waals surface area contributed by atoms with Crippen LogP contribution in [-0.2, 0) is 10.0 Å². The summed E-state index contributed by atoms with van der Waals surface area (Å²) in [6, 6.07) is 11.7. The van der Waals surface area contributed by atoms with Gasteiger partial charge in [0.25, 0.3) is 15.9 Å². The molecule has 0 radical (unpaired) electrons. The molecule has 1 amide bonds. The van der Waals surface area contributed by atoms with Gasteiger partial charge >= 0.3 is 0 Å². The third kappa shape index (κ3) is 7.25. The van der Waals surface area contributed by atoms with Gasteiger partial charge in [0, 0.05) is 17.3 Å². The number of pyridine rings is 2. The van der Waals surface area contributed by atoms with E-state index < -0.39 is 21.7 Å². The molecule has 1 aliphatic carbocycles. The number of nitrogens with one attached hydrogen (secondary N) is 1. The number of hydrogen-bond donors (Lipinski definition) is 1. The summed E-state index contributed by atoms with van der Waals surface area (Å²) in [5, 5.41) is -0.268. The monoisotopic (exact) mass is 527 g/mol. The van der Waals surface area contributed by atoms with Gasteiger partial charge in [0.15, 0.2) is 5.03 Å². The van der Waals surface area contributed by atoms with Crippen molar-refractivity contribution in [3.05, 3.63) is 65.6 Å². The van der Waals surface area contributed by atoms with Gasteiger partial charge in [-0.1, -0.05) is 32.8 Å². The highest BCUT2D eigenvalue weighted by atomic mass is 32.2. The average molecular weight is 528 g/mol. The summed E-state index contributed by atoms with van der Waals surface area (Å²) in [6.07, 6.45) is 3.06. The van der Waals surface area contributed by atoms with Crippen LogP contribution in [0.4, 0.5) is 4.39 Å². The molecule has 1 aromatic carbocycles. The van der Waals surface area contributed by atoms with Gasteiger partial charge < -0.3 is 9.47 Å². The Hall–Kier alpha value is -3.53. The van der Waals surface area contributed by atoms with E-state index in [2.05, 4.69) is 9.97 Å². The van der Waals surface area contributed by atoms with Crippen molar-refractivity contribution >= 4 is 15.9 Å². The van der Waals surface area contributed by atoms with Crippen LogP contribution in [0.1, 0.15) is 49.2 Å². The molecule has 0 atom stereocenters. The number of rotatable bonds is 11. The van der Waals surface area contributed by atoms with Crippen LogP contribution in [0.3, 0.4) is 0 Å². The Morgan fingerprint density at radius 1 is 1.11 bits per heavy atom. The SMILES string of the molecule is Cc1cccc(S(=O)(=O)NC(=O)c2ccc(-c3cc(F)cc(OCC(C)C)c3)nc2OCCC2CC2)n1. The molecule has 1 N–H and O–H groups in total. The third-order valence-electron chi connectivity index (χ3n) is 5.68. The fourth-order valence-electron chi connectivity index (χ4n) is 3.57. The maximum Gasteiger partial charge on any atom is 0.281 e.